The zero-order valence-electron chi connectivity index (χ0n) is 19.4. The molecule has 4 heterocycles. The molecule has 1 aliphatic rings. The molecule has 1 unspecified atom stereocenters. The molecule has 176 valence electrons. The zero-order valence-corrected chi connectivity index (χ0v) is 19.4. The Kier molecular flexibility index (Phi) is 6.64. The number of aryl methyl sites for hydroxylation is 1. The SMILES string of the molecule is CO[C@@]1(c2cc(OC(C)CCO)cc(-c3cn(C)c4cnc(NC(C)=O)cc34)n2)CCOC1. The largest absolute Gasteiger partial charge is 0.490 e. The first-order valence-corrected chi connectivity index (χ1v) is 11.0. The van der Waals surface area contributed by atoms with Crippen molar-refractivity contribution >= 4 is 22.6 Å². The number of carbonyl (C=O) groups excluding carboxylic acids is 1. The molecule has 9 nitrogen and oxygen atoms in total. The van der Waals surface area contributed by atoms with E-state index in [2.05, 4.69) is 10.3 Å². The Morgan fingerprint density at radius 1 is 1.39 bits per heavy atom. The van der Waals surface area contributed by atoms with E-state index in [0.717, 1.165) is 22.2 Å². The van der Waals surface area contributed by atoms with E-state index in [-0.39, 0.29) is 18.6 Å². The van der Waals surface area contributed by atoms with Gasteiger partial charge in [0.25, 0.3) is 0 Å². The summed E-state index contributed by atoms with van der Waals surface area (Å²) >= 11 is 0. The second-order valence-corrected chi connectivity index (χ2v) is 8.44. The minimum absolute atomic E-state index is 0.0457. The molecular formula is C24H30N4O5. The Labute approximate surface area is 192 Å². The fourth-order valence-electron chi connectivity index (χ4n) is 4.16. The molecule has 9 heteroatoms. The molecule has 3 aromatic heterocycles. The summed E-state index contributed by atoms with van der Waals surface area (Å²) in [4.78, 5) is 20.9. The number of aliphatic hydroxyl groups is 1. The van der Waals surface area contributed by atoms with Crippen molar-refractivity contribution in [3.8, 4) is 17.0 Å². The topological polar surface area (TPSA) is 108 Å². The number of anilines is 1. The van der Waals surface area contributed by atoms with Crippen molar-refractivity contribution in [3.05, 3.63) is 36.3 Å². The van der Waals surface area contributed by atoms with Gasteiger partial charge in [-0.1, -0.05) is 0 Å². The third-order valence-corrected chi connectivity index (χ3v) is 5.97. The Morgan fingerprint density at radius 3 is 2.88 bits per heavy atom. The van der Waals surface area contributed by atoms with Crippen molar-refractivity contribution in [2.45, 2.75) is 38.4 Å². The van der Waals surface area contributed by atoms with Crippen molar-refractivity contribution in [1.29, 1.82) is 0 Å². The van der Waals surface area contributed by atoms with Gasteiger partial charge < -0.3 is 29.2 Å². The number of methoxy groups -OCH3 is 1. The molecule has 0 radical (unpaired) electrons. The Hall–Kier alpha value is -3.01. The van der Waals surface area contributed by atoms with Crippen molar-refractivity contribution < 1.29 is 24.1 Å². The molecular weight excluding hydrogens is 424 g/mol. The number of amides is 1. The molecule has 2 N–H and O–H groups in total. The molecule has 3 aromatic rings. The van der Waals surface area contributed by atoms with Crippen LogP contribution < -0.4 is 10.1 Å². The number of hydrogen-bond donors (Lipinski definition) is 2. The number of rotatable bonds is 8. The summed E-state index contributed by atoms with van der Waals surface area (Å²) in [5.41, 5.74) is 2.59. The lowest BCUT2D eigenvalue weighted by Crippen LogP contribution is -2.30. The predicted octanol–water partition coefficient (Wildman–Crippen LogP) is 3.01. The van der Waals surface area contributed by atoms with Gasteiger partial charge in [0.15, 0.2) is 0 Å². The highest BCUT2D eigenvalue weighted by Crippen LogP contribution is 2.38. The number of nitrogens with one attached hydrogen (secondary N) is 1. The molecule has 0 spiro atoms. The minimum atomic E-state index is -0.651. The van der Waals surface area contributed by atoms with E-state index in [1.807, 2.05) is 42.9 Å². The molecule has 0 aliphatic carbocycles. The lowest BCUT2D eigenvalue weighted by molar-refractivity contribution is -0.114. The first-order chi connectivity index (χ1) is 15.8. The Bertz CT molecular complexity index is 1150. The Morgan fingerprint density at radius 2 is 2.21 bits per heavy atom. The van der Waals surface area contributed by atoms with Crippen molar-refractivity contribution in [1.82, 2.24) is 14.5 Å². The number of hydrogen-bond acceptors (Lipinski definition) is 7. The van der Waals surface area contributed by atoms with Gasteiger partial charge in [-0.3, -0.25) is 4.79 Å². The van der Waals surface area contributed by atoms with Crippen molar-refractivity contribution in [3.63, 3.8) is 0 Å². The maximum atomic E-state index is 11.5. The fourth-order valence-corrected chi connectivity index (χ4v) is 4.16. The number of pyridine rings is 2. The van der Waals surface area contributed by atoms with Crippen LogP contribution in [-0.4, -0.2) is 58.6 Å². The lowest BCUT2D eigenvalue weighted by atomic mass is 9.96. The first-order valence-electron chi connectivity index (χ1n) is 11.0. The normalized spacial score (nSPS) is 19.1. The van der Waals surface area contributed by atoms with Crippen LogP contribution in [0.4, 0.5) is 5.82 Å². The zero-order chi connectivity index (χ0) is 23.6. The second-order valence-electron chi connectivity index (χ2n) is 8.44. The summed E-state index contributed by atoms with van der Waals surface area (Å²) in [6.45, 7) is 4.43. The third kappa shape index (κ3) is 4.71. The minimum Gasteiger partial charge on any atom is -0.490 e. The molecule has 1 saturated heterocycles. The van der Waals surface area contributed by atoms with Gasteiger partial charge in [-0.15, -0.1) is 0 Å². The van der Waals surface area contributed by atoms with Gasteiger partial charge >= 0.3 is 0 Å². The van der Waals surface area contributed by atoms with E-state index < -0.39 is 5.60 Å². The first kappa shape index (κ1) is 23.2. The molecule has 1 aliphatic heterocycles. The molecule has 33 heavy (non-hydrogen) atoms. The van der Waals surface area contributed by atoms with Crippen LogP contribution in [0.15, 0.2) is 30.6 Å². The lowest BCUT2D eigenvalue weighted by Gasteiger charge is -2.26. The van der Waals surface area contributed by atoms with E-state index in [1.54, 1.807) is 13.3 Å². The number of aromatic nitrogens is 3. The van der Waals surface area contributed by atoms with Crippen LogP contribution in [0.5, 0.6) is 5.75 Å². The number of aliphatic hydroxyl groups excluding tert-OH is 1. The van der Waals surface area contributed by atoms with Gasteiger partial charge in [0.1, 0.15) is 17.2 Å². The van der Waals surface area contributed by atoms with Gasteiger partial charge in [0, 0.05) is 76.4 Å². The molecule has 2 atom stereocenters. The molecule has 0 aromatic carbocycles. The molecule has 0 saturated carbocycles. The average molecular weight is 455 g/mol. The summed E-state index contributed by atoms with van der Waals surface area (Å²) in [7, 11) is 3.61. The standard InChI is InChI=1S/C24H30N4O5/c1-15(5-7-29)33-17-9-20(27-22(10-17)24(31-4)6-8-32-14-24)19-13-28(3)21-12-25-23(11-18(19)21)26-16(2)30/h9-13,15,29H,5-8,14H2,1-4H3,(H,25,26,30)/t15?,24-/m0/s1. The molecule has 0 bridgehead atoms. The van der Waals surface area contributed by atoms with Gasteiger partial charge in [-0.25, -0.2) is 9.97 Å². The molecule has 4 rings (SSSR count). The van der Waals surface area contributed by atoms with Crippen LogP contribution in [0.1, 0.15) is 32.4 Å². The number of carbonyl (C=O) groups is 1. The smallest absolute Gasteiger partial charge is 0.222 e. The van der Waals surface area contributed by atoms with Gasteiger partial charge in [0.05, 0.1) is 35.8 Å². The monoisotopic (exact) mass is 454 g/mol. The van der Waals surface area contributed by atoms with Gasteiger partial charge in [-0.05, 0) is 13.0 Å². The number of nitrogens with zero attached hydrogens (tertiary/aromatic N) is 3. The number of ether oxygens (including phenoxy) is 3. The summed E-state index contributed by atoms with van der Waals surface area (Å²) in [5.74, 6) is 0.938. The van der Waals surface area contributed by atoms with E-state index in [0.29, 0.717) is 43.3 Å². The van der Waals surface area contributed by atoms with Crippen molar-refractivity contribution in [2.24, 2.45) is 7.05 Å². The highest BCUT2D eigenvalue weighted by Gasteiger charge is 2.39. The van der Waals surface area contributed by atoms with E-state index in [9.17, 15) is 9.90 Å². The average Bonchev–Trinajstić information content (AvgIpc) is 3.39. The molecule has 1 amide bonds. The van der Waals surface area contributed by atoms with Crippen LogP contribution in [0, 0.1) is 0 Å². The van der Waals surface area contributed by atoms with Crippen LogP contribution in [0.2, 0.25) is 0 Å². The highest BCUT2D eigenvalue weighted by atomic mass is 16.5. The fraction of sp³-hybridized carbons (Fsp3) is 0.458. The summed E-state index contributed by atoms with van der Waals surface area (Å²) in [6.07, 6.45) is 4.76. The Balaban J connectivity index is 1.86. The van der Waals surface area contributed by atoms with E-state index >= 15 is 0 Å². The van der Waals surface area contributed by atoms with Gasteiger partial charge in [0.2, 0.25) is 5.91 Å². The van der Waals surface area contributed by atoms with E-state index in [1.165, 1.54) is 6.92 Å². The van der Waals surface area contributed by atoms with Crippen LogP contribution in [-0.2, 0) is 26.9 Å². The summed E-state index contributed by atoms with van der Waals surface area (Å²) in [6, 6.07) is 5.63. The maximum Gasteiger partial charge on any atom is 0.222 e. The van der Waals surface area contributed by atoms with E-state index in [4.69, 9.17) is 19.2 Å². The van der Waals surface area contributed by atoms with Gasteiger partial charge in [-0.2, -0.15) is 0 Å². The highest BCUT2D eigenvalue weighted by molar-refractivity contribution is 5.98. The van der Waals surface area contributed by atoms with Crippen molar-refractivity contribution in [2.75, 3.05) is 32.2 Å². The second kappa shape index (κ2) is 9.46. The third-order valence-electron chi connectivity index (χ3n) is 5.97. The molecule has 1 fully saturated rings. The maximum absolute atomic E-state index is 11.5. The predicted molar refractivity (Wildman–Crippen MR) is 124 cm³/mol. The number of fused-ring (bicyclic) bond motifs is 1. The van der Waals surface area contributed by atoms with Crippen LogP contribution >= 0.6 is 0 Å². The summed E-state index contributed by atoms with van der Waals surface area (Å²) < 4.78 is 19.6. The quantitative estimate of drug-likeness (QED) is 0.539. The van der Waals surface area contributed by atoms with Crippen LogP contribution in [0.3, 0.4) is 0 Å². The van der Waals surface area contributed by atoms with Crippen LogP contribution in [0.25, 0.3) is 22.2 Å². The summed E-state index contributed by atoms with van der Waals surface area (Å²) in [5, 5.41) is 12.9.